The van der Waals surface area contributed by atoms with Crippen LogP contribution in [0.15, 0.2) is 54.6 Å². The number of amides is 1. The third-order valence-electron chi connectivity index (χ3n) is 4.71. The molecule has 1 amide bonds. The fourth-order valence-electron chi connectivity index (χ4n) is 3.18. The molecule has 8 heteroatoms. The number of anilines is 1. The van der Waals surface area contributed by atoms with Crippen molar-refractivity contribution < 1.29 is 14.3 Å². The molecule has 3 rings (SSSR count). The van der Waals surface area contributed by atoms with Gasteiger partial charge < -0.3 is 20.1 Å². The lowest BCUT2D eigenvalue weighted by Gasteiger charge is -2.35. The molecular formula is C21H29Cl2N3O3. The molecule has 2 aromatic rings. The minimum Gasteiger partial charge on any atom is -0.497 e. The van der Waals surface area contributed by atoms with E-state index in [0.717, 1.165) is 43.3 Å². The van der Waals surface area contributed by atoms with Crippen molar-refractivity contribution in [2.75, 3.05) is 51.8 Å². The molecule has 0 spiro atoms. The first kappa shape index (κ1) is 25.0. The zero-order valence-electron chi connectivity index (χ0n) is 16.5. The molecule has 1 fully saturated rings. The molecule has 1 heterocycles. The third kappa shape index (κ3) is 7.74. The Morgan fingerprint density at radius 1 is 1.07 bits per heavy atom. The molecule has 1 atom stereocenters. The molecule has 1 aliphatic rings. The molecule has 2 N–H and O–H groups in total. The standard InChI is InChI=1S/C21H27N3O3.2ClH/c1-26-19-9-7-17(8-10-19)20(24-11-13-27-14-12-24)15-23-21(25)16-22-18-5-3-2-4-6-18;;/h2-10,20,22H,11-16H2,1H3,(H,23,25);2*1H. The molecule has 6 nitrogen and oxygen atoms in total. The SMILES string of the molecule is COc1ccc(C(CNC(=O)CNc2ccccc2)N2CCOCC2)cc1.Cl.Cl. The number of carbonyl (C=O) groups is 1. The third-order valence-corrected chi connectivity index (χ3v) is 4.71. The number of benzene rings is 2. The van der Waals surface area contributed by atoms with Gasteiger partial charge in [-0.05, 0) is 29.8 Å². The Bertz CT molecular complexity index is 711. The Balaban J connectivity index is 0.00000210. The lowest BCUT2D eigenvalue weighted by Crippen LogP contribution is -2.44. The monoisotopic (exact) mass is 441 g/mol. The topological polar surface area (TPSA) is 62.8 Å². The van der Waals surface area contributed by atoms with Gasteiger partial charge in [-0.25, -0.2) is 0 Å². The minimum absolute atomic E-state index is 0. The van der Waals surface area contributed by atoms with Crippen LogP contribution in [0, 0.1) is 0 Å². The smallest absolute Gasteiger partial charge is 0.239 e. The van der Waals surface area contributed by atoms with Crippen LogP contribution < -0.4 is 15.4 Å². The zero-order chi connectivity index (χ0) is 18.9. The highest BCUT2D eigenvalue weighted by Crippen LogP contribution is 2.23. The molecule has 1 saturated heterocycles. The Morgan fingerprint density at radius 3 is 2.34 bits per heavy atom. The predicted octanol–water partition coefficient (Wildman–Crippen LogP) is 3.14. The van der Waals surface area contributed by atoms with Crippen molar-refractivity contribution in [1.82, 2.24) is 10.2 Å². The van der Waals surface area contributed by atoms with Gasteiger partial charge in [0, 0.05) is 25.3 Å². The average Bonchev–Trinajstić information content (AvgIpc) is 2.74. The molecule has 0 radical (unpaired) electrons. The summed E-state index contributed by atoms with van der Waals surface area (Å²) in [6, 6.07) is 17.9. The Morgan fingerprint density at radius 2 is 1.72 bits per heavy atom. The molecule has 1 unspecified atom stereocenters. The van der Waals surface area contributed by atoms with Gasteiger partial charge in [0.15, 0.2) is 0 Å². The lowest BCUT2D eigenvalue weighted by molar-refractivity contribution is -0.119. The van der Waals surface area contributed by atoms with Gasteiger partial charge in [0.1, 0.15) is 5.75 Å². The summed E-state index contributed by atoms with van der Waals surface area (Å²) >= 11 is 0. The van der Waals surface area contributed by atoms with E-state index in [9.17, 15) is 4.79 Å². The summed E-state index contributed by atoms with van der Waals surface area (Å²) in [5, 5.41) is 6.20. The molecule has 29 heavy (non-hydrogen) atoms. The normalized spacial score (nSPS) is 14.7. The van der Waals surface area contributed by atoms with E-state index in [4.69, 9.17) is 9.47 Å². The summed E-state index contributed by atoms with van der Waals surface area (Å²) < 4.78 is 10.7. The fraction of sp³-hybridized carbons (Fsp3) is 0.381. The van der Waals surface area contributed by atoms with Crippen molar-refractivity contribution in [3.8, 4) is 5.75 Å². The van der Waals surface area contributed by atoms with Crippen molar-refractivity contribution >= 4 is 36.4 Å². The van der Waals surface area contributed by atoms with Crippen molar-refractivity contribution in [1.29, 1.82) is 0 Å². The van der Waals surface area contributed by atoms with Crippen LogP contribution >= 0.6 is 24.8 Å². The number of para-hydroxylation sites is 1. The van der Waals surface area contributed by atoms with Crippen LogP contribution in [0.3, 0.4) is 0 Å². The second-order valence-corrected chi connectivity index (χ2v) is 6.46. The highest BCUT2D eigenvalue weighted by atomic mass is 35.5. The van der Waals surface area contributed by atoms with E-state index in [1.165, 1.54) is 0 Å². The summed E-state index contributed by atoms with van der Waals surface area (Å²) in [5.74, 6) is 0.807. The largest absolute Gasteiger partial charge is 0.497 e. The number of nitrogens with zero attached hydrogens (tertiary/aromatic N) is 1. The van der Waals surface area contributed by atoms with Crippen LogP contribution in [-0.2, 0) is 9.53 Å². The number of rotatable bonds is 8. The molecule has 0 saturated carbocycles. The quantitative estimate of drug-likeness (QED) is 0.658. The second kappa shape index (κ2) is 13.3. The van der Waals surface area contributed by atoms with E-state index in [0.29, 0.717) is 6.54 Å². The molecule has 1 aliphatic heterocycles. The molecule has 0 aromatic heterocycles. The second-order valence-electron chi connectivity index (χ2n) is 6.46. The first-order valence-electron chi connectivity index (χ1n) is 9.27. The van der Waals surface area contributed by atoms with Crippen molar-refractivity contribution in [3.05, 3.63) is 60.2 Å². The Kier molecular flexibility index (Phi) is 11.5. The van der Waals surface area contributed by atoms with Crippen LogP contribution in [0.25, 0.3) is 0 Å². The average molecular weight is 442 g/mol. The van der Waals surface area contributed by atoms with Crippen molar-refractivity contribution in [3.63, 3.8) is 0 Å². The summed E-state index contributed by atoms with van der Waals surface area (Å²) in [6.07, 6.45) is 0. The van der Waals surface area contributed by atoms with E-state index >= 15 is 0 Å². The zero-order valence-corrected chi connectivity index (χ0v) is 18.1. The number of halogens is 2. The van der Waals surface area contributed by atoms with Gasteiger partial charge in [0.2, 0.25) is 5.91 Å². The number of hydrogen-bond donors (Lipinski definition) is 2. The van der Waals surface area contributed by atoms with E-state index in [2.05, 4.69) is 27.7 Å². The van der Waals surface area contributed by atoms with Gasteiger partial charge >= 0.3 is 0 Å². The number of carbonyl (C=O) groups excluding carboxylic acids is 1. The van der Waals surface area contributed by atoms with Gasteiger partial charge in [-0.1, -0.05) is 30.3 Å². The number of nitrogens with one attached hydrogen (secondary N) is 2. The Hall–Kier alpha value is -1.99. The van der Waals surface area contributed by atoms with Crippen LogP contribution in [0.2, 0.25) is 0 Å². The van der Waals surface area contributed by atoms with E-state index in [1.807, 2.05) is 42.5 Å². The summed E-state index contributed by atoms with van der Waals surface area (Å²) in [5.41, 5.74) is 2.10. The first-order valence-corrected chi connectivity index (χ1v) is 9.27. The highest BCUT2D eigenvalue weighted by Gasteiger charge is 2.23. The van der Waals surface area contributed by atoms with Crippen LogP contribution in [-0.4, -0.2) is 57.3 Å². The number of methoxy groups -OCH3 is 1. The van der Waals surface area contributed by atoms with E-state index in [-0.39, 0.29) is 43.3 Å². The van der Waals surface area contributed by atoms with Gasteiger partial charge in [0.25, 0.3) is 0 Å². The van der Waals surface area contributed by atoms with Crippen LogP contribution in [0.4, 0.5) is 5.69 Å². The minimum atomic E-state index is -0.0226. The first-order chi connectivity index (χ1) is 13.3. The molecule has 0 bridgehead atoms. The van der Waals surface area contributed by atoms with Gasteiger partial charge in [-0.2, -0.15) is 0 Å². The van der Waals surface area contributed by atoms with Crippen molar-refractivity contribution in [2.45, 2.75) is 6.04 Å². The molecule has 2 aromatic carbocycles. The maximum Gasteiger partial charge on any atom is 0.239 e. The van der Waals surface area contributed by atoms with E-state index < -0.39 is 0 Å². The van der Waals surface area contributed by atoms with Gasteiger partial charge in [-0.3, -0.25) is 9.69 Å². The van der Waals surface area contributed by atoms with Gasteiger partial charge in [0.05, 0.1) is 32.9 Å². The number of hydrogen-bond acceptors (Lipinski definition) is 5. The fourth-order valence-corrected chi connectivity index (χ4v) is 3.18. The van der Waals surface area contributed by atoms with Gasteiger partial charge in [-0.15, -0.1) is 24.8 Å². The maximum absolute atomic E-state index is 12.3. The van der Waals surface area contributed by atoms with Crippen LogP contribution in [0.1, 0.15) is 11.6 Å². The summed E-state index contributed by atoms with van der Waals surface area (Å²) in [4.78, 5) is 14.7. The lowest BCUT2D eigenvalue weighted by atomic mass is 10.0. The molecule has 160 valence electrons. The summed E-state index contributed by atoms with van der Waals surface area (Å²) in [7, 11) is 1.66. The predicted molar refractivity (Wildman–Crippen MR) is 121 cm³/mol. The Labute approximate surface area is 184 Å². The van der Waals surface area contributed by atoms with Crippen molar-refractivity contribution in [2.24, 2.45) is 0 Å². The van der Waals surface area contributed by atoms with Crippen LogP contribution in [0.5, 0.6) is 5.75 Å². The number of ether oxygens (including phenoxy) is 2. The van der Waals surface area contributed by atoms with E-state index in [1.54, 1.807) is 7.11 Å². The molecular weight excluding hydrogens is 413 g/mol. The number of morpholine rings is 1. The highest BCUT2D eigenvalue weighted by molar-refractivity contribution is 5.85. The summed E-state index contributed by atoms with van der Waals surface area (Å²) in [6.45, 7) is 3.96. The molecule has 0 aliphatic carbocycles. The maximum atomic E-state index is 12.3.